The average Bonchev–Trinajstić information content (AvgIpc) is 2.61. The second kappa shape index (κ2) is 10.4. The fourth-order valence-electron chi connectivity index (χ4n) is 2.18. The molecule has 4 heteroatoms. The van der Waals surface area contributed by atoms with Crippen molar-refractivity contribution in [1.29, 1.82) is 0 Å². The molecule has 0 N–H and O–H groups in total. The first-order valence-electron chi connectivity index (χ1n) is 7.74. The Morgan fingerprint density at radius 3 is 1.96 bits per heavy atom. The number of hydrogen-bond acceptors (Lipinski definition) is 3. The van der Waals surface area contributed by atoms with Gasteiger partial charge in [-0.3, -0.25) is 0 Å². The SMILES string of the molecule is CC(OCc1ccccc1)C(COCc1ccccc1)OCCl. The maximum Gasteiger partial charge on any atom is 0.121 e. The van der Waals surface area contributed by atoms with Crippen LogP contribution in [0.2, 0.25) is 0 Å². The van der Waals surface area contributed by atoms with Crippen molar-refractivity contribution in [1.82, 2.24) is 0 Å². The summed E-state index contributed by atoms with van der Waals surface area (Å²) < 4.78 is 17.2. The van der Waals surface area contributed by atoms with Crippen molar-refractivity contribution in [2.24, 2.45) is 0 Å². The van der Waals surface area contributed by atoms with Gasteiger partial charge in [0.15, 0.2) is 0 Å². The molecule has 0 aliphatic rings. The minimum atomic E-state index is -0.195. The Labute approximate surface area is 143 Å². The van der Waals surface area contributed by atoms with E-state index in [1.165, 1.54) is 0 Å². The van der Waals surface area contributed by atoms with Crippen LogP contribution in [0, 0.1) is 0 Å². The molecule has 0 aromatic heterocycles. The zero-order valence-electron chi connectivity index (χ0n) is 13.4. The lowest BCUT2D eigenvalue weighted by atomic mass is 10.2. The summed E-state index contributed by atoms with van der Waals surface area (Å²) >= 11 is 5.72. The van der Waals surface area contributed by atoms with Crippen LogP contribution < -0.4 is 0 Å². The minimum absolute atomic E-state index is 0.107. The molecule has 0 heterocycles. The van der Waals surface area contributed by atoms with Crippen molar-refractivity contribution in [2.75, 3.05) is 12.7 Å². The fraction of sp³-hybridized carbons (Fsp3) is 0.368. The molecular weight excluding hydrogens is 312 g/mol. The monoisotopic (exact) mass is 334 g/mol. The van der Waals surface area contributed by atoms with E-state index >= 15 is 0 Å². The number of halogens is 1. The first kappa shape index (κ1) is 18.0. The van der Waals surface area contributed by atoms with Gasteiger partial charge in [-0.25, -0.2) is 0 Å². The summed E-state index contributed by atoms with van der Waals surface area (Å²) in [6.45, 7) is 3.51. The van der Waals surface area contributed by atoms with Gasteiger partial charge in [-0.15, -0.1) is 0 Å². The highest BCUT2D eigenvalue weighted by atomic mass is 35.5. The quantitative estimate of drug-likeness (QED) is 0.603. The summed E-state index contributed by atoms with van der Waals surface area (Å²) in [5, 5.41) is 0. The van der Waals surface area contributed by atoms with Crippen LogP contribution in [0.25, 0.3) is 0 Å². The second-order valence-electron chi connectivity index (χ2n) is 5.32. The molecule has 0 saturated carbocycles. The molecule has 0 fully saturated rings. The molecular formula is C19H23ClO3. The van der Waals surface area contributed by atoms with E-state index in [2.05, 4.69) is 0 Å². The largest absolute Gasteiger partial charge is 0.374 e. The third-order valence-electron chi connectivity index (χ3n) is 3.55. The standard InChI is InChI=1S/C19H23ClO3/c1-16(22-13-18-10-6-3-7-11-18)19(23-15-20)14-21-12-17-8-4-2-5-9-17/h2-11,16,19H,12-15H2,1H3. The fourth-order valence-corrected chi connectivity index (χ4v) is 2.34. The lowest BCUT2D eigenvalue weighted by Gasteiger charge is -2.23. The Morgan fingerprint density at radius 1 is 0.826 bits per heavy atom. The van der Waals surface area contributed by atoms with Gasteiger partial charge < -0.3 is 14.2 Å². The van der Waals surface area contributed by atoms with Crippen molar-refractivity contribution in [3.05, 3.63) is 71.8 Å². The zero-order chi connectivity index (χ0) is 16.3. The van der Waals surface area contributed by atoms with E-state index in [4.69, 9.17) is 25.8 Å². The summed E-state index contributed by atoms with van der Waals surface area (Å²) in [7, 11) is 0. The molecule has 0 amide bonds. The molecule has 0 radical (unpaired) electrons. The van der Waals surface area contributed by atoms with Crippen LogP contribution in [0.15, 0.2) is 60.7 Å². The summed E-state index contributed by atoms with van der Waals surface area (Å²) in [4.78, 5) is 0. The van der Waals surface area contributed by atoms with Gasteiger partial charge in [0.05, 0.1) is 25.9 Å². The number of alkyl halides is 1. The van der Waals surface area contributed by atoms with Crippen LogP contribution >= 0.6 is 11.6 Å². The van der Waals surface area contributed by atoms with E-state index in [9.17, 15) is 0 Å². The Hall–Kier alpha value is -1.39. The topological polar surface area (TPSA) is 27.7 Å². The van der Waals surface area contributed by atoms with Gasteiger partial charge in [-0.05, 0) is 18.1 Å². The maximum atomic E-state index is 5.88. The minimum Gasteiger partial charge on any atom is -0.374 e. The van der Waals surface area contributed by atoms with E-state index in [0.717, 1.165) is 11.1 Å². The van der Waals surface area contributed by atoms with Crippen LogP contribution in [-0.4, -0.2) is 24.9 Å². The van der Waals surface area contributed by atoms with Crippen LogP contribution in [0.5, 0.6) is 0 Å². The Balaban J connectivity index is 1.77. The molecule has 2 unspecified atom stereocenters. The van der Waals surface area contributed by atoms with Crippen LogP contribution in [0.3, 0.4) is 0 Å². The molecule has 2 rings (SSSR count). The highest BCUT2D eigenvalue weighted by molar-refractivity contribution is 6.17. The first-order chi connectivity index (χ1) is 11.3. The molecule has 0 aliphatic heterocycles. The van der Waals surface area contributed by atoms with Crippen LogP contribution in [0.1, 0.15) is 18.1 Å². The van der Waals surface area contributed by atoms with E-state index in [-0.39, 0.29) is 18.3 Å². The predicted molar refractivity (Wildman–Crippen MR) is 92.4 cm³/mol. The zero-order valence-corrected chi connectivity index (χ0v) is 14.1. The van der Waals surface area contributed by atoms with Crippen molar-refractivity contribution >= 4 is 11.6 Å². The third kappa shape index (κ3) is 6.71. The predicted octanol–water partition coefficient (Wildman–Crippen LogP) is 4.39. The first-order valence-corrected chi connectivity index (χ1v) is 8.28. The van der Waals surface area contributed by atoms with Crippen molar-refractivity contribution in [3.8, 4) is 0 Å². The Kier molecular flexibility index (Phi) is 8.12. The van der Waals surface area contributed by atoms with Gasteiger partial charge in [-0.1, -0.05) is 72.3 Å². The van der Waals surface area contributed by atoms with Gasteiger partial charge in [0.2, 0.25) is 0 Å². The molecule has 0 aliphatic carbocycles. The highest BCUT2D eigenvalue weighted by Crippen LogP contribution is 2.11. The molecule has 23 heavy (non-hydrogen) atoms. The van der Waals surface area contributed by atoms with Crippen molar-refractivity contribution in [3.63, 3.8) is 0 Å². The van der Waals surface area contributed by atoms with E-state index in [1.54, 1.807) is 0 Å². The summed E-state index contributed by atoms with van der Waals surface area (Å²) in [5.41, 5.74) is 2.27. The number of benzene rings is 2. The molecule has 3 nitrogen and oxygen atoms in total. The van der Waals surface area contributed by atoms with Crippen LogP contribution in [-0.2, 0) is 27.4 Å². The number of hydrogen-bond donors (Lipinski definition) is 0. The van der Waals surface area contributed by atoms with Gasteiger partial charge in [0.25, 0.3) is 0 Å². The third-order valence-corrected chi connectivity index (χ3v) is 3.68. The molecule has 0 bridgehead atoms. The van der Waals surface area contributed by atoms with Gasteiger partial charge in [0, 0.05) is 0 Å². The van der Waals surface area contributed by atoms with E-state index < -0.39 is 0 Å². The van der Waals surface area contributed by atoms with Gasteiger partial charge >= 0.3 is 0 Å². The summed E-state index contributed by atoms with van der Waals surface area (Å²) in [6.07, 6.45) is -0.301. The lowest BCUT2D eigenvalue weighted by molar-refractivity contribution is -0.0942. The second-order valence-corrected chi connectivity index (χ2v) is 5.53. The Bertz CT molecular complexity index is 533. The van der Waals surface area contributed by atoms with Crippen LogP contribution in [0.4, 0.5) is 0 Å². The van der Waals surface area contributed by atoms with Gasteiger partial charge in [0.1, 0.15) is 12.2 Å². The number of rotatable bonds is 10. The molecule has 2 aromatic carbocycles. The smallest absolute Gasteiger partial charge is 0.121 e. The Morgan fingerprint density at radius 2 is 1.39 bits per heavy atom. The van der Waals surface area contributed by atoms with Gasteiger partial charge in [-0.2, -0.15) is 0 Å². The normalized spacial score (nSPS) is 13.7. The molecule has 124 valence electrons. The summed E-state index contributed by atoms with van der Waals surface area (Å²) in [6, 6.07) is 20.2. The molecule has 2 aromatic rings. The summed E-state index contributed by atoms with van der Waals surface area (Å²) in [5.74, 6) is 0. The van der Waals surface area contributed by atoms with E-state index in [0.29, 0.717) is 19.8 Å². The van der Waals surface area contributed by atoms with Crippen molar-refractivity contribution in [2.45, 2.75) is 32.3 Å². The molecule has 2 atom stereocenters. The van der Waals surface area contributed by atoms with E-state index in [1.807, 2.05) is 67.6 Å². The maximum absolute atomic E-state index is 5.88. The highest BCUT2D eigenvalue weighted by Gasteiger charge is 2.19. The molecule has 0 saturated heterocycles. The number of ether oxygens (including phenoxy) is 3. The molecule has 0 spiro atoms. The lowest BCUT2D eigenvalue weighted by Crippen LogP contribution is -2.33. The van der Waals surface area contributed by atoms with Crippen molar-refractivity contribution < 1.29 is 14.2 Å². The average molecular weight is 335 g/mol.